The average Bonchev–Trinajstić information content (AvgIpc) is 3.94. The Morgan fingerprint density at radius 2 is 1.27 bits per heavy atom. The minimum atomic E-state index is -0.824. The molecule has 2 aromatic heterocycles. The van der Waals surface area contributed by atoms with E-state index in [2.05, 4.69) is 41.5 Å². The molecule has 1 unspecified atom stereocenters. The number of aryl methyl sites for hydroxylation is 4. The Morgan fingerprint density at radius 1 is 0.726 bits per heavy atom. The summed E-state index contributed by atoms with van der Waals surface area (Å²) in [6.07, 6.45) is 10.1. The number of aromatic nitrogens is 2. The molecule has 12 nitrogen and oxygen atoms in total. The lowest BCUT2D eigenvalue weighted by molar-refractivity contribution is -0.155. The summed E-state index contributed by atoms with van der Waals surface area (Å²) in [7, 11) is 0. The molecule has 3 N–H and O–H groups in total. The molecule has 4 aromatic rings. The van der Waals surface area contributed by atoms with Crippen molar-refractivity contribution in [3.8, 4) is 0 Å². The molecule has 330 valence electrons. The Labute approximate surface area is 366 Å². The van der Waals surface area contributed by atoms with Crippen molar-refractivity contribution in [3.63, 3.8) is 0 Å². The first-order valence-electron chi connectivity index (χ1n) is 23.0. The number of anilines is 2. The quantitative estimate of drug-likeness (QED) is 0.0640. The van der Waals surface area contributed by atoms with Gasteiger partial charge in [-0.1, -0.05) is 60.7 Å². The van der Waals surface area contributed by atoms with Gasteiger partial charge in [0.15, 0.2) is 0 Å². The van der Waals surface area contributed by atoms with Gasteiger partial charge in [0.05, 0.1) is 18.8 Å². The summed E-state index contributed by atoms with van der Waals surface area (Å²) in [5.74, 6) is 0.910. The van der Waals surface area contributed by atoms with Gasteiger partial charge in [-0.05, 0) is 118 Å². The van der Waals surface area contributed by atoms with E-state index in [1.807, 2.05) is 65.6 Å². The number of aliphatic carboxylic acids is 1. The van der Waals surface area contributed by atoms with Crippen molar-refractivity contribution in [2.24, 2.45) is 0 Å². The van der Waals surface area contributed by atoms with E-state index in [0.717, 1.165) is 116 Å². The zero-order chi connectivity index (χ0) is 42.8. The van der Waals surface area contributed by atoms with Gasteiger partial charge in [0.1, 0.15) is 29.8 Å². The van der Waals surface area contributed by atoms with Crippen LogP contribution in [0.4, 0.5) is 11.6 Å². The van der Waals surface area contributed by atoms with Crippen LogP contribution in [-0.2, 0) is 49.5 Å². The third-order valence-corrected chi connectivity index (χ3v) is 13.0. The third-order valence-electron chi connectivity index (χ3n) is 13.0. The fourth-order valence-electron chi connectivity index (χ4n) is 9.79. The predicted molar refractivity (Wildman–Crippen MR) is 241 cm³/mol. The highest BCUT2D eigenvalue weighted by atomic mass is 16.5. The van der Waals surface area contributed by atoms with E-state index in [1.165, 1.54) is 17.5 Å². The minimum Gasteiger partial charge on any atom is -0.480 e. The lowest BCUT2D eigenvalue weighted by Crippen LogP contribution is -2.39. The summed E-state index contributed by atoms with van der Waals surface area (Å²) in [4.78, 5) is 40.3. The summed E-state index contributed by atoms with van der Waals surface area (Å²) in [5.41, 5.74) is 8.90. The van der Waals surface area contributed by atoms with Crippen LogP contribution in [-0.4, -0.2) is 108 Å². The van der Waals surface area contributed by atoms with Crippen LogP contribution < -0.4 is 10.6 Å². The largest absolute Gasteiger partial charge is 0.480 e. The average molecular weight is 845 g/mol. The number of esters is 1. The number of fused-ring (bicyclic) bond motifs is 2. The van der Waals surface area contributed by atoms with Crippen LogP contribution in [0.2, 0.25) is 0 Å². The zero-order valence-corrected chi connectivity index (χ0v) is 36.5. The molecule has 4 aliphatic heterocycles. The van der Waals surface area contributed by atoms with Gasteiger partial charge in [0.25, 0.3) is 0 Å². The number of carboxylic acid groups (broad SMARTS) is 1. The number of carbonyl (C=O) groups is 2. The number of carboxylic acids is 1. The first kappa shape index (κ1) is 43.8. The Bertz CT molecular complexity index is 2120. The molecule has 2 saturated heterocycles. The normalized spacial score (nSPS) is 21.0. The topological polar surface area (TPSA) is 138 Å². The van der Waals surface area contributed by atoms with Crippen LogP contribution in [0, 0.1) is 13.8 Å². The van der Waals surface area contributed by atoms with E-state index < -0.39 is 18.1 Å². The Kier molecular flexibility index (Phi) is 14.8. The second-order valence-electron chi connectivity index (χ2n) is 17.6. The molecule has 2 aromatic carbocycles. The van der Waals surface area contributed by atoms with Gasteiger partial charge >= 0.3 is 11.9 Å². The van der Waals surface area contributed by atoms with Gasteiger partial charge in [0, 0.05) is 69.3 Å². The number of pyridine rings is 2. The van der Waals surface area contributed by atoms with Gasteiger partial charge < -0.3 is 30.0 Å². The first-order valence-corrected chi connectivity index (χ1v) is 23.0. The fraction of sp³-hybridized carbons (Fsp3) is 0.520. The molecule has 12 heteroatoms. The van der Waals surface area contributed by atoms with E-state index in [-0.39, 0.29) is 24.3 Å². The van der Waals surface area contributed by atoms with Gasteiger partial charge in [-0.25, -0.2) is 14.8 Å². The molecule has 0 aliphatic carbocycles. The van der Waals surface area contributed by atoms with E-state index in [0.29, 0.717) is 45.8 Å². The fourth-order valence-corrected chi connectivity index (χ4v) is 9.79. The zero-order valence-electron chi connectivity index (χ0n) is 36.5. The molecule has 0 bridgehead atoms. The van der Waals surface area contributed by atoms with E-state index >= 15 is 0 Å². The number of ether oxygens (including phenoxy) is 3. The predicted octanol–water partition coefficient (Wildman–Crippen LogP) is 7.43. The van der Waals surface area contributed by atoms with Crippen LogP contribution >= 0.6 is 0 Å². The minimum absolute atomic E-state index is 0.0390. The second-order valence-corrected chi connectivity index (χ2v) is 17.6. The van der Waals surface area contributed by atoms with Crippen molar-refractivity contribution >= 4 is 23.6 Å². The highest BCUT2D eigenvalue weighted by Crippen LogP contribution is 2.32. The molecule has 0 spiro atoms. The Hall–Kier alpha value is -4.88. The van der Waals surface area contributed by atoms with E-state index in [9.17, 15) is 14.7 Å². The molecule has 0 saturated carbocycles. The molecule has 8 rings (SSSR count). The van der Waals surface area contributed by atoms with Crippen molar-refractivity contribution in [1.29, 1.82) is 0 Å². The van der Waals surface area contributed by atoms with Gasteiger partial charge in [-0.2, -0.15) is 0 Å². The smallest absolute Gasteiger partial charge is 0.328 e. The summed E-state index contributed by atoms with van der Waals surface area (Å²) >= 11 is 0. The van der Waals surface area contributed by atoms with Crippen LogP contribution in [0.5, 0.6) is 0 Å². The number of hydrogen-bond donors (Lipinski definition) is 3. The Morgan fingerprint density at radius 3 is 1.87 bits per heavy atom. The molecular weight excluding hydrogens is 781 g/mol. The molecule has 2 fully saturated rings. The maximum absolute atomic E-state index is 14.1. The Balaban J connectivity index is 0.772. The van der Waals surface area contributed by atoms with Crippen LogP contribution in [0.3, 0.4) is 0 Å². The third kappa shape index (κ3) is 11.0. The van der Waals surface area contributed by atoms with Gasteiger partial charge in [-0.3, -0.25) is 14.6 Å². The number of nitrogens with zero attached hydrogens (tertiary/aromatic N) is 4. The molecule has 0 radical (unpaired) electrons. The van der Waals surface area contributed by atoms with Crippen LogP contribution in [0.25, 0.3) is 0 Å². The van der Waals surface area contributed by atoms with Crippen molar-refractivity contribution in [2.75, 3.05) is 63.1 Å². The highest BCUT2D eigenvalue weighted by Gasteiger charge is 2.37. The van der Waals surface area contributed by atoms with E-state index in [1.54, 1.807) is 0 Å². The summed E-state index contributed by atoms with van der Waals surface area (Å²) < 4.78 is 18.9. The summed E-state index contributed by atoms with van der Waals surface area (Å²) in [5, 5.41) is 16.9. The SMILES string of the molecule is Cc1cc(CCCCO[C@@H]2CCN([C@H](C(=O)OC3CNc4nc(CCCCO[C@@H]5CCN([C@@H](C(=O)O)c6ccccc6)C5)cc(C)c4C3)c3ccccc3)C2)nc2c1CCCN2. The van der Waals surface area contributed by atoms with Crippen LogP contribution in [0.15, 0.2) is 72.8 Å². The van der Waals surface area contributed by atoms with Crippen molar-refractivity contribution < 1.29 is 28.9 Å². The lowest BCUT2D eigenvalue weighted by atomic mass is 9.98. The molecule has 5 atom stereocenters. The maximum atomic E-state index is 14.1. The highest BCUT2D eigenvalue weighted by molar-refractivity contribution is 5.78. The standard InChI is InChI=1S/C50H64N6O6/c1-34-28-38(53-47-43(34)20-13-23-51-47)18-9-11-27-61-41-22-25-56(33-41)46(37-16-7-4-8-17-37)50(59)62-42-30-44-35(2)29-39(54-48(44)52-31-42)19-10-12-26-60-40-21-24-55(32-40)45(49(57)58)36-14-5-3-6-15-36/h3-8,14-17,28-29,40-42,45-46H,9-13,18-27,30-33H2,1-2H3,(H,51,53)(H,52,54)(H,57,58)/t40-,41-,42?,45-,46+/m1/s1. The number of benzene rings is 2. The summed E-state index contributed by atoms with van der Waals surface area (Å²) in [6, 6.07) is 22.7. The molecular formula is C50H64N6O6. The number of likely N-dealkylation sites (tertiary alicyclic amines) is 2. The number of hydrogen-bond acceptors (Lipinski definition) is 11. The molecule has 62 heavy (non-hydrogen) atoms. The van der Waals surface area contributed by atoms with Crippen LogP contribution in [0.1, 0.15) is 102 Å². The molecule has 6 heterocycles. The molecule has 4 aliphatic rings. The van der Waals surface area contributed by atoms with E-state index in [4.69, 9.17) is 24.2 Å². The van der Waals surface area contributed by atoms with Gasteiger partial charge in [0.2, 0.25) is 0 Å². The number of carbonyl (C=O) groups excluding carboxylic acids is 1. The first-order chi connectivity index (χ1) is 30.3. The number of nitrogens with one attached hydrogen (secondary N) is 2. The van der Waals surface area contributed by atoms with Crippen molar-refractivity contribution in [3.05, 3.63) is 118 Å². The summed E-state index contributed by atoms with van der Waals surface area (Å²) in [6.45, 7) is 9.96. The molecule has 0 amide bonds. The van der Waals surface area contributed by atoms with Crippen molar-refractivity contribution in [2.45, 2.75) is 115 Å². The number of unbranched alkanes of at least 4 members (excludes halogenated alkanes) is 2. The lowest BCUT2D eigenvalue weighted by Gasteiger charge is -2.31. The van der Waals surface area contributed by atoms with Gasteiger partial charge in [-0.15, -0.1) is 0 Å². The number of rotatable bonds is 19. The monoisotopic (exact) mass is 844 g/mol. The second kappa shape index (κ2) is 21.0. The van der Waals surface area contributed by atoms with Crippen molar-refractivity contribution in [1.82, 2.24) is 19.8 Å². The maximum Gasteiger partial charge on any atom is 0.328 e.